The summed E-state index contributed by atoms with van der Waals surface area (Å²) in [6.45, 7) is 2.53. The van der Waals surface area contributed by atoms with Gasteiger partial charge in [-0.25, -0.2) is 9.78 Å². The quantitative estimate of drug-likeness (QED) is 0.204. The summed E-state index contributed by atoms with van der Waals surface area (Å²) in [5.74, 6) is -0.230. The van der Waals surface area contributed by atoms with E-state index in [-0.39, 0.29) is 22.4 Å². The molecule has 6 rings (SSSR count). The van der Waals surface area contributed by atoms with Gasteiger partial charge >= 0.3 is 6.03 Å². The highest BCUT2D eigenvalue weighted by Gasteiger charge is 2.31. The molecule has 1 aliphatic rings. The van der Waals surface area contributed by atoms with E-state index in [0.29, 0.717) is 13.0 Å². The highest BCUT2D eigenvalue weighted by Crippen LogP contribution is 2.31. The van der Waals surface area contributed by atoms with Crippen molar-refractivity contribution < 1.29 is 14.4 Å². The van der Waals surface area contributed by atoms with E-state index in [2.05, 4.69) is 35.8 Å². The summed E-state index contributed by atoms with van der Waals surface area (Å²) < 4.78 is 1.16. The fourth-order valence-corrected chi connectivity index (χ4v) is 6.77. The Bertz CT molecular complexity index is 1800. The van der Waals surface area contributed by atoms with Gasteiger partial charge in [-0.3, -0.25) is 14.9 Å². The summed E-state index contributed by atoms with van der Waals surface area (Å²) in [6.07, 6.45) is 0.507. The lowest BCUT2D eigenvalue weighted by Gasteiger charge is -2.19. The molecule has 0 spiro atoms. The predicted octanol–water partition coefficient (Wildman–Crippen LogP) is 7.50. The molecule has 5 aromatic rings. The molecule has 2 heterocycles. The molecule has 9 heteroatoms. The minimum Gasteiger partial charge on any atom is -0.323 e. The van der Waals surface area contributed by atoms with Crippen LogP contribution >= 0.6 is 23.1 Å². The number of aryl methyl sites for hydroxylation is 1. The Kier molecular flexibility index (Phi) is 7.78. The highest BCUT2D eigenvalue weighted by atomic mass is 32.2. The van der Waals surface area contributed by atoms with E-state index < -0.39 is 0 Å². The van der Waals surface area contributed by atoms with Gasteiger partial charge in [-0.15, -0.1) is 11.3 Å². The van der Waals surface area contributed by atoms with Crippen LogP contribution in [-0.4, -0.2) is 39.4 Å². The third-order valence-electron chi connectivity index (χ3n) is 7.10. The van der Waals surface area contributed by atoms with Gasteiger partial charge in [-0.05, 0) is 83.6 Å². The Hall–Kier alpha value is -4.47. The van der Waals surface area contributed by atoms with Gasteiger partial charge in [0.25, 0.3) is 5.24 Å². The second-order valence-electron chi connectivity index (χ2n) is 10.3. The van der Waals surface area contributed by atoms with Crippen molar-refractivity contribution in [3.05, 3.63) is 108 Å². The molecule has 1 fully saturated rings. The van der Waals surface area contributed by atoms with Crippen LogP contribution in [0.15, 0.2) is 91.0 Å². The highest BCUT2D eigenvalue weighted by molar-refractivity contribution is 8.15. The lowest BCUT2D eigenvalue weighted by atomic mass is 10.00. The third kappa shape index (κ3) is 6.22. The Balaban J connectivity index is 1.06. The number of thioether (sulfide) groups is 1. The molecule has 1 aromatic heterocycles. The van der Waals surface area contributed by atoms with Crippen LogP contribution in [0.5, 0.6) is 0 Å². The number of urea groups is 1. The Morgan fingerprint density at radius 3 is 2.40 bits per heavy atom. The van der Waals surface area contributed by atoms with E-state index in [9.17, 15) is 14.4 Å². The van der Waals surface area contributed by atoms with Crippen LogP contribution in [0.1, 0.15) is 16.7 Å². The topological polar surface area (TPSA) is 91.4 Å². The van der Waals surface area contributed by atoms with Crippen LogP contribution in [0.2, 0.25) is 0 Å². The first-order valence-electron chi connectivity index (χ1n) is 13.5. The molecule has 1 saturated heterocycles. The second-order valence-corrected chi connectivity index (χ2v) is 12.5. The molecule has 4 aromatic carbocycles. The molecular formula is C33H28N4O3S2. The van der Waals surface area contributed by atoms with Crippen molar-refractivity contribution in [2.75, 3.05) is 12.4 Å². The summed E-state index contributed by atoms with van der Waals surface area (Å²) in [5.41, 5.74) is 8.03. The SMILES string of the molecule is Cc1ccc2nc(-c3ccc(NC(=O)N(C)Cc4cccc(-c5ccc(CC6SC(=O)NC6=O)cc5)c4)cc3)sc2c1. The van der Waals surface area contributed by atoms with Crippen LogP contribution in [0, 0.1) is 6.92 Å². The minimum absolute atomic E-state index is 0.194. The lowest BCUT2D eigenvalue weighted by molar-refractivity contribution is -0.118. The molecule has 1 atom stereocenters. The van der Waals surface area contributed by atoms with Gasteiger partial charge in [0, 0.05) is 24.8 Å². The molecule has 0 bridgehead atoms. The van der Waals surface area contributed by atoms with Crippen molar-refractivity contribution in [1.29, 1.82) is 0 Å². The Morgan fingerprint density at radius 2 is 1.67 bits per heavy atom. The van der Waals surface area contributed by atoms with Crippen molar-refractivity contribution in [2.24, 2.45) is 0 Å². The second kappa shape index (κ2) is 11.8. The van der Waals surface area contributed by atoms with Crippen molar-refractivity contribution in [1.82, 2.24) is 15.2 Å². The van der Waals surface area contributed by atoms with E-state index in [0.717, 1.165) is 60.5 Å². The summed E-state index contributed by atoms with van der Waals surface area (Å²) in [4.78, 5) is 42.6. The molecule has 0 saturated carbocycles. The van der Waals surface area contributed by atoms with Gasteiger partial charge in [0.2, 0.25) is 5.91 Å². The normalized spacial score (nSPS) is 14.7. The zero-order valence-corrected chi connectivity index (χ0v) is 24.7. The number of nitrogens with one attached hydrogen (secondary N) is 2. The summed E-state index contributed by atoms with van der Waals surface area (Å²) in [6, 6.07) is 29.9. The molecule has 210 valence electrons. The van der Waals surface area contributed by atoms with Crippen molar-refractivity contribution in [2.45, 2.75) is 25.1 Å². The number of nitrogens with zero attached hydrogens (tertiary/aromatic N) is 2. The molecule has 1 aliphatic heterocycles. The first kappa shape index (κ1) is 27.7. The van der Waals surface area contributed by atoms with Crippen LogP contribution in [0.25, 0.3) is 31.9 Å². The molecular weight excluding hydrogens is 565 g/mol. The first-order chi connectivity index (χ1) is 20.3. The fraction of sp³-hybridized carbons (Fsp3) is 0.152. The van der Waals surface area contributed by atoms with E-state index in [1.807, 2.05) is 72.8 Å². The molecule has 0 aliphatic carbocycles. The number of fused-ring (bicyclic) bond motifs is 1. The average Bonchev–Trinajstić information content (AvgIpc) is 3.55. The van der Waals surface area contributed by atoms with E-state index in [4.69, 9.17) is 4.98 Å². The number of hydrogen-bond acceptors (Lipinski definition) is 6. The van der Waals surface area contributed by atoms with Gasteiger partial charge in [0.1, 0.15) is 5.01 Å². The maximum Gasteiger partial charge on any atom is 0.321 e. The molecule has 1 unspecified atom stereocenters. The lowest BCUT2D eigenvalue weighted by Crippen LogP contribution is -2.30. The molecule has 42 heavy (non-hydrogen) atoms. The minimum atomic E-state index is -0.380. The largest absolute Gasteiger partial charge is 0.323 e. The monoisotopic (exact) mass is 592 g/mol. The molecule has 0 radical (unpaired) electrons. The number of rotatable bonds is 7. The fourth-order valence-electron chi connectivity index (χ4n) is 4.84. The predicted molar refractivity (Wildman–Crippen MR) is 171 cm³/mol. The van der Waals surface area contributed by atoms with E-state index in [1.165, 1.54) is 5.56 Å². The van der Waals surface area contributed by atoms with Gasteiger partial charge in [0.05, 0.1) is 15.5 Å². The van der Waals surface area contributed by atoms with Gasteiger partial charge in [0.15, 0.2) is 0 Å². The third-order valence-corrected chi connectivity index (χ3v) is 9.14. The van der Waals surface area contributed by atoms with Gasteiger partial charge in [-0.2, -0.15) is 0 Å². The number of carbonyl (C=O) groups is 3. The van der Waals surface area contributed by atoms with Crippen molar-refractivity contribution >= 4 is 56.2 Å². The van der Waals surface area contributed by atoms with Crippen LogP contribution in [0.4, 0.5) is 15.3 Å². The van der Waals surface area contributed by atoms with E-state index >= 15 is 0 Å². The van der Waals surface area contributed by atoms with E-state index in [1.54, 1.807) is 23.3 Å². The number of anilines is 1. The van der Waals surface area contributed by atoms with Gasteiger partial charge in [-0.1, -0.05) is 60.3 Å². The van der Waals surface area contributed by atoms with Crippen molar-refractivity contribution in [3.63, 3.8) is 0 Å². The number of benzene rings is 4. The summed E-state index contributed by atoms with van der Waals surface area (Å²) in [7, 11) is 1.77. The number of carbonyl (C=O) groups excluding carboxylic acids is 3. The summed E-state index contributed by atoms with van der Waals surface area (Å²) >= 11 is 2.70. The van der Waals surface area contributed by atoms with Crippen molar-refractivity contribution in [3.8, 4) is 21.7 Å². The van der Waals surface area contributed by atoms with Crippen LogP contribution in [0.3, 0.4) is 0 Å². The number of aromatic nitrogens is 1. The number of hydrogen-bond donors (Lipinski definition) is 2. The zero-order chi connectivity index (χ0) is 29.2. The maximum absolute atomic E-state index is 13.0. The maximum atomic E-state index is 13.0. The molecule has 7 nitrogen and oxygen atoms in total. The first-order valence-corrected chi connectivity index (χ1v) is 15.2. The standard InChI is InChI=1S/C33H28N4O3S2/c1-20-6-15-27-28(16-20)41-31(35-27)24-11-13-26(14-12-24)34-32(39)37(2)19-22-4-3-5-25(17-22)23-9-7-21(8-10-23)18-29-30(38)36-33(40)42-29/h3-17,29H,18-19H2,1-2H3,(H,34,39)(H,36,38,40). The molecule has 2 N–H and O–H groups in total. The Morgan fingerprint density at radius 1 is 0.905 bits per heavy atom. The average molecular weight is 593 g/mol. The van der Waals surface area contributed by atoms with Gasteiger partial charge < -0.3 is 10.2 Å². The summed E-state index contributed by atoms with van der Waals surface area (Å²) in [5, 5.41) is 5.60. The number of amides is 4. The van der Waals surface area contributed by atoms with Crippen LogP contribution < -0.4 is 10.6 Å². The van der Waals surface area contributed by atoms with Crippen LogP contribution in [-0.2, 0) is 17.8 Å². The zero-order valence-electron chi connectivity index (χ0n) is 23.1. The number of thiazole rings is 1. The Labute approximate surface area is 252 Å². The number of imide groups is 1. The molecule has 4 amide bonds. The smallest absolute Gasteiger partial charge is 0.321 e.